The summed E-state index contributed by atoms with van der Waals surface area (Å²) in [6, 6.07) is 10.6. The van der Waals surface area contributed by atoms with E-state index in [0.29, 0.717) is 0 Å². The van der Waals surface area contributed by atoms with Crippen LogP contribution in [-0.4, -0.2) is 59.5 Å². The second-order valence-electron chi connectivity index (χ2n) is 4.62. The topological polar surface area (TPSA) is 138 Å². The van der Waals surface area contributed by atoms with Crippen molar-refractivity contribution in [3.05, 3.63) is 35.9 Å². The molecule has 0 heterocycles. The van der Waals surface area contributed by atoms with Gasteiger partial charge in [0.1, 0.15) is 6.54 Å². The van der Waals surface area contributed by atoms with E-state index in [4.69, 9.17) is 32.5 Å². The standard InChI is InChI=1S/C10H16N.CH2O3.Na.H2O4S/c1-11(2,3)9-10-7-5-4-6-8-10;2-1(3)4;;1-5(2,3)4/h4-8H,9H2,1-3H3;(H2,2,3,4);;(H2,1,2,3,4)/q+1;;+1;/p-2. The SMILES string of the molecule is C[N+](C)(C)Cc1ccccc1.O=C(O)O.O=S(=O)([O-])[O-].[Na+]. The minimum Gasteiger partial charge on any atom is -0.759 e. The summed E-state index contributed by atoms with van der Waals surface area (Å²) >= 11 is 0. The van der Waals surface area contributed by atoms with Gasteiger partial charge >= 0.3 is 35.7 Å². The van der Waals surface area contributed by atoms with Gasteiger partial charge in [-0.05, 0) is 0 Å². The van der Waals surface area contributed by atoms with Gasteiger partial charge in [0.25, 0.3) is 0 Å². The van der Waals surface area contributed by atoms with Crippen molar-refractivity contribution in [1.29, 1.82) is 0 Å². The van der Waals surface area contributed by atoms with E-state index in [1.807, 2.05) is 0 Å². The molecular formula is C11H18NNaO7S. The second kappa shape index (κ2) is 11.9. The Morgan fingerprint density at radius 3 is 1.62 bits per heavy atom. The van der Waals surface area contributed by atoms with Crippen molar-refractivity contribution in [3.8, 4) is 0 Å². The zero-order valence-corrected chi connectivity index (χ0v) is 15.2. The first-order valence-electron chi connectivity index (χ1n) is 5.24. The molecule has 0 saturated heterocycles. The minimum absolute atomic E-state index is 0. The predicted octanol–water partition coefficient (Wildman–Crippen LogP) is -2.22. The molecule has 0 fully saturated rings. The van der Waals surface area contributed by atoms with Gasteiger partial charge in [0, 0.05) is 16.0 Å². The maximum Gasteiger partial charge on any atom is 1.00 e. The summed E-state index contributed by atoms with van der Waals surface area (Å²) < 4.78 is 35.1. The minimum atomic E-state index is -5.17. The van der Waals surface area contributed by atoms with Crippen molar-refractivity contribution >= 4 is 16.6 Å². The third-order valence-electron chi connectivity index (χ3n) is 1.50. The maximum atomic E-state index is 8.56. The second-order valence-corrected chi connectivity index (χ2v) is 5.44. The quantitative estimate of drug-likeness (QED) is 0.271. The van der Waals surface area contributed by atoms with Crippen LogP contribution in [0.1, 0.15) is 5.56 Å². The Labute approximate surface area is 146 Å². The molecule has 0 bridgehead atoms. The van der Waals surface area contributed by atoms with Crippen LogP contribution in [-0.2, 0) is 16.9 Å². The van der Waals surface area contributed by atoms with Crippen molar-refractivity contribution in [2.45, 2.75) is 6.54 Å². The molecule has 0 aromatic heterocycles. The van der Waals surface area contributed by atoms with Crippen molar-refractivity contribution in [1.82, 2.24) is 0 Å². The summed E-state index contributed by atoms with van der Waals surface area (Å²) in [5.74, 6) is 0. The Morgan fingerprint density at radius 2 is 1.38 bits per heavy atom. The van der Waals surface area contributed by atoms with Gasteiger partial charge in [-0.25, -0.2) is 4.79 Å². The molecule has 0 saturated carbocycles. The van der Waals surface area contributed by atoms with Gasteiger partial charge in [-0.1, -0.05) is 30.3 Å². The van der Waals surface area contributed by atoms with Crippen molar-refractivity contribution < 1.29 is 66.6 Å². The molecule has 0 spiro atoms. The van der Waals surface area contributed by atoms with E-state index < -0.39 is 16.6 Å². The third-order valence-corrected chi connectivity index (χ3v) is 1.50. The van der Waals surface area contributed by atoms with Crippen LogP contribution in [0.15, 0.2) is 30.3 Å². The van der Waals surface area contributed by atoms with Gasteiger partial charge in [0.05, 0.1) is 21.1 Å². The van der Waals surface area contributed by atoms with Gasteiger partial charge in [0.15, 0.2) is 0 Å². The zero-order chi connectivity index (χ0) is 16.4. The fourth-order valence-electron chi connectivity index (χ4n) is 1.13. The number of hydrogen-bond acceptors (Lipinski definition) is 5. The molecule has 0 aliphatic heterocycles. The number of rotatable bonds is 2. The summed E-state index contributed by atoms with van der Waals surface area (Å²) in [4.78, 5) is 8.56. The smallest absolute Gasteiger partial charge is 0.759 e. The number of benzene rings is 1. The molecule has 1 aromatic carbocycles. The Hall–Kier alpha value is -0.680. The first-order chi connectivity index (χ1) is 8.81. The normalized spacial score (nSPS) is 9.95. The summed E-state index contributed by atoms with van der Waals surface area (Å²) in [7, 11) is 1.44. The molecule has 0 radical (unpaired) electrons. The largest absolute Gasteiger partial charge is 1.00 e. The zero-order valence-electron chi connectivity index (χ0n) is 12.4. The Morgan fingerprint density at radius 1 is 1.10 bits per heavy atom. The van der Waals surface area contributed by atoms with Crippen LogP contribution in [0, 0.1) is 0 Å². The van der Waals surface area contributed by atoms with Crippen LogP contribution in [0.3, 0.4) is 0 Å². The molecule has 10 heteroatoms. The molecule has 0 aliphatic carbocycles. The number of quaternary nitrogens is 1. The number of carbonyl (C=O) groups is 1. The number of carboxylic acid groups (broad SMARTS) is 2. The summed E-state index contributed by atoms with van der Waals surface area (Å²) in [5, 5.41) is 13.9. The number of hydrogen-bond donors (Lipinski definition) is 2. The van der Waals surface area contributed by atoms with E-state index in [1.165, 1.54) is 5.56 Å². The first kappa shape index (κ1) is 25.3. The fraction of sp³-hybridized carbons (Fsp3) is 0.364. The summed E-state index contributed by atoms with van der Waals surface area (Å²) in [6.45, 7) is 1.10. The molecule has 0 aliphatic rings. The van der Waals surface area contributed by atoms with Crippen LogP contribution in [0.25, 0.3) is 0 Å². The van der Waals surface area contributed by atoms with Gasteiger partial charge in [-0.15, -0.1) is 0 Å². The molecule has 2 N–H and O–H groups in total. The van der Waals surface area contributed by atoms with Crippen LogP contribution in [0.4, 0.5) is 4.79 Å². The maximum absolute atomic E-state index is 8.56. The van der Waals surface area contributed by atoms with E-state index in [2.05, 4.69) is 51.5 Å². The molecule has 0 atom stereocenters. The van der Waals surface area contributed by atoms with Gasteiger partial charge in [-0.2, -0.15) is 0 Å². The Kier molecular flexibility index (Phi) is 14.4. The van der Waals surface area contributed by atoms with Crippen LogP contribution >= 0.6 is 0 Å². The van der Waals surface area contributed by atoms with E-state index in [9.17, 15) is 0 Å². The van der Waals surface area contributed by atoms with Crippen molar-refractivity contribution in [3.63, 3.8) is 0 Å². The van der Waals surface area contributed by atoms with Gasteiger partial charge in [-0.3, -0.25) is 8.42 Å². The molecular weight excluding hydrogens is 313 g/mol. The third kappa shape index (κ3) is 38.2. The molecule has 0 amide bonds. The monoisotopic (exact) mass is 331 g/mol. The Bertz CT molecular complexity index is 473. The average molecular weight is 331 g/mol. The van der Waals surface area contributed by atoms with E-state index in [-0.39, 0.29) is 29.6 Å². The van der Waals surface area contributed by atoms with Crippen LogP contribution < -0.4 is 29.6 Å². The Balaban J connectivity index is -0.000000275. The molecule has 21 heavy (non-hydrogen) atoms. The number of nitrogens with zero attached hydrogens (tertiary/aromatic N) is 1. The summed E-state index contributed by atoms with van der Waals surface area (Å²) in [5.41, 5.74) is 1.40. The van der Waals surface area contributed by atoms with Crippen LogP contribution in [0.5, 0.6) is 0 Å². The fourth-order valence-corrected chi connectivity index (χ4v) is 1.13. The first-order valence-corrected chi connectivity index (χ1v) is 6.57. The molecule has 1 rings (SSSR count). The van der Waals surface area contributed by atoms with Crippen molar-refractivity contribution in [2.24, 2.45) is 0 Å². The predicted molar refractivity (Wildman–Crippen MR) is 69.3 cm³/mol. The van der Waals surface area contributed by atoms with Gasteiger partial charge in [0.2, 0.25) is 0 Å². The molecule has 8 nitrogen and oxygen atoms in total. The van der Waals surface area contributed by atoms with E-state index >= 15 is 0 Å². The van der Waals surface area contributed by atoms with Gasteiger partial charge < -0.3 is 23.8 Å². The summed E-state index contributed by atoms with van der Waals surface area (Å²) in [6.07, 6.45) is -1.83. The molecule has 0 unspecified atom stereocenters. The molecule has 1 aromatic rings. The van der Waals surface area contributed by atoms with E-state index in [0.717, 1.165) is 11.0 Å². The van der Waals surface area contributed by atoms with Crippen molar-refractivity contribution in [2.75, 3.05) is 21.1 Å². The van der Waals surface area contributed by atoms with E-state index in [1.54, 1.807) is 0 Å². The average Bonchev–Trinajstić information content (AvgIpc) is 2.12. The molecule has 116 valence electrons. The van der Waals surface area contributed by atoms with Crippen LogP contribution in [0.2, 0.25) is 0 Å².